The Kier molecular flexibility index (Phi) is 4.68. The van der Waals surface area contributed by atoms with E-state index in [1.807, 2.05) is 34.9 Å². The van der Waals surface area contributed by atoms with Gasteiger partial charge in [0.25, 0.3) is 5.56 Å². The van der Waals surface area contributed by atoms with Crippen LogP contribution in [-0.4, -0.2) is 28.8 Å². The van der Waals surface area contributed by atoms with Gasteiger partial charge in [-0.2, -0.15) is 0 Å². The van der Waals surface area contributed by atoms with E-state index in [4.69, 9.17) is 4.74 Å². The van der Waals surface area contributed by atoms with E-state index in [1.165, 1.54) is 6.07 Å². The molecular weight excluding hydrogens is 318 g/mol. The van der Waals surface area contributed by atoms with Crippen LogP contribution in [0.4, 0.5) is 0 Å². The van der Waals surface area contributed by atoms with Gasteiger partial charge in [-0.15, -0.1) is 0 Å². The number of rotatable bonds is 6. The first-order valence-corrected chi connectivity index (χ1v) is 11.9. The smallest absolute Gasteiger partial charge is 0.257 e. The molecule has 2 aromatic heterocycles. The zero-order valence-electron chi connectivity index (χ0n) is 14.4. The molecular formula is C18H23N3O2Si. The molecule has 6 heteroatoms. The molecule has 3 aromatic rings. The molecule has 0 fully saturated rings. The molecule has 126 valence electrons. The molecule has 0 aliphatic rings. The summed E-state index contributed by atoms with van der Waals surface area (Å²) in [5.41, 5.74) is 1.73. The van der Waals surface area contributed by atoms with Crippen LogP contribution in [0.1, 0.15) is 0 Å². The molecule has 0 atom stereocenters. The lowest BCUT2D eigenvalue weighted by Crippen LogP contribution is -2.23. The molecule has 0 bridgehead atoms. The Bertz CT molecular complexity index is 893. The van der Waals surface area contributed by atoms with Crippen molar-refractivity contribution in [3.05, 3.63) is 59.0 Å². The number of ether oxygens (including phenoxy) is 1. The second kappa shape index (κ2) is 6.74. The highest BCUT2D eigenvalue weighted by molar-refractivity contribution is 6.76. The van der Waals surface area contributed by atoms with E-state index in [0.29, 0.717) is 12.7 Å². The molecule has 5 nitrogen and oxygen atoms in total. The molecule has 24 heavy (non-hydrogen) atoms. The largest absolute Gasteiger partial charge is 0.361 e. The van der Waals surface area contributed by atoms with Crippen LogP contribution in [-0.2, 0) is 11.5 Å². The van der Waals surface area contributed by atoms with Crippen molar-refractivity contribution in [1.82, 2.24) is 14.1 Å². The number of hydrogen-bond donors (Lipinski definition) is 0. The second-order valence-corrected chi connectivity index (χ2v) is 12.7. The standard InChI is InChI=1S/C18H23N3O2Si/c1-24(2,3)13-12-23-14-21-16-9-5-4-8-15(16)19-18(21)20-11-7-6-10-17(20)22/h4-11H,12-14H2,1-3H3. The molecule has 0 saturated carbocycles. The Morgan fingerprint density at radius 1 is 1.08 bits per heavy atom. The van der Waals surface area contributed by atoms with Gasteiger partial charge in [-0.05, 0) is 24.2 Å². The molecule has 0 aliphatic heterocycles. The normalized spacial score (nSPS) is 12.0. The van der Waals surface area contributed by atoms with Crippen molar-refractivity contribution in [3.63, 3.8) is 0 Å². The lowest BCUT2D eigenvalue weighted by molar-refractivity contribution is 0.0896. The van der Waals surface area contributed by atoms with Gasteiger partial charge in [-0.3, -0.25) is 13.9 Å². The van der Waals surface area contributed by atoms with Crippen molar-refractivity contribution < 1.29 is 4.74 Å². The lowest BCUT2D eigenvalue weighted by atomic mass is 10.3. The van der Waals surface area contributed by atoms with Gasteiger partial charge >= 0.3 is 0 Å². The van der Waals surface area contributed by atoms with Gasteiger partial charge in [-0.1, -0.05) is 37.8 Å². The van der Waals surface area contributed by atoms with E-state index >= 15 is 0 Å². The number of hydrogen-bond acceptors (Lipinski definition) is 3. The number of imidazole rings is 1. The number of para-hydroxylation sites is 2. The molecule has 0 N–H and O–H groups in total. The number of benzene rings is 1. The van der Waals surface area contributed by atoms with Crippen LogP contribution in [0.15, 0.2) is 53.5 Å². The SMILES string of the molecule is C[Si](C)(C)CCOCn1c(-n2ccccc2=O)nc2ccccc21. The Balaban J connectivity index is 1.94. The quantitative estimate of drug-likeness (QED) is 0.509. The van der Waals surface area contributed by atoms with Crippen molar-refractivity contribution in [2.45, 2.75) is 32.4 Å². The number of pyridine rings is 1. The maximum Gasteiger partial charge on any atom is 0.257 e. The lowest BCUT2D eigenvalue weighted by Gasteiger charge is -2.16. The fourth-order valence-electron chi connectivity index (χ4n) is 2.50. The average Bonchev–Trinajstić information content (AvgIpc) is 2.90. The van der Waals surface area contributed by atoms with Gasteiger partial charge in [-0.25, -0.2) is 4.98 Å². The third-order valence-electron chi connectivity index (χ3n) is 3.89. The molecule has 0 spiro atoms. The minimum atomic E-state index is -1.12. The highest BCUT2D eigenvalue weighted by Crippen LogP contribution is 2.18. The topological polar surface area (TPSA) is 49.0 Å². The maximum atomic E-state index is 12.2. The zero-order chi connectivity index (χ0) is 17.2. The third-order valence-corrected chi connectivity index (χ3v) is 5.59. The molecule has 1 aromatic carbocycles. The Morgan fingerprint density at radius 3 is 2.58 bits per heavy atom. The van der Waals surface area contributed by atoms with Crippen LogP contribution in [0.5, 0.6) is 0 Å². The van der Waals surface area contributed by atoms with Crippen LogP contribution < -0.4 is 5.56 Å². The summed E-state index contributed by atoms with van der Waals surface area (Å²) in [6.45, 7) is 8.11. The van der Waals surface area contributed by atoms with Gasteiger partial charge < -0.3 is 4.74 Å². The van der Waals surface area contributed by atoms with E-state index < -0.39 is 8.07 Å². The first-order valence-electron chi connectivity index (χ1n) is 8.17. The Hall–Kier alpha value is -2.18. The summed E-state index contributed by atoms with van der Waals surface area (Å²) in [6.07, 6.45) is 1.74. The minimum Gasteiger partial charge on any atom is -0.361 e. The Labute approximate surface area is 142 Å². The monoisotopic (exact) mass is 341 g/mol. The minimum absolute atomic E-state index is 0.101. The Morgan fingerprint density at radius 2 is 1.83 bits per heavy atom. The summed E-state index contributed by atoms with van der Waals surface area (Å²) in [5, 5.41) is 0. The number of nitrogens with zero attached hydrogens (tertiary/aromatic N) is 3. The summed E-state index contributed by atoms with van der Waals surface area (Å²) < 4.78 is 9.42. The van der Waals surface area contributed by atoms with Crippen LogP contribution >= 0.6 is 0 Å². The second-order valence-electron chi connectivity index (χ2n) is 7.09. The molecule has 0 unspecified atom stereocenters. The summed E-state index contributed by atoms with van der Waals surface area (Å²) in [7, 11) is -1.12. The molecule has 0 amide bonds. The van der Waals surface area contributed by atoms with E-state index in [0.717, 1.165) is 23.7 Å². The number of aromatic nitrogens is 3. The average molecular weight is 341 g/mol. The van der Waals surface area contributed by atoms with E-state index in [1.54, 1.807) is 16.8 Å². The third kappa shape index (κ3) is 3.65. The first-order chi connectivity index (χ1) is 11.5. The summed E-state index contributed by atoms with van der Waals surface area (Å²) in [6, 6.07) is 14.1. The van der Waals surface area contributed by atoms with E-state index in [9.17, 15) is 4.79 Å². The molecule has 0 aliphatic carbocycles. The first kappa shape index (κ1) is 16.7. The van der Waals surface area contributed by atoms with E-state index in [-0.39, 0.29) is 5.56 Å². The highest BCUT2D eigenvalue weighted by atomic mass is 28.3. The van der Waals surface area contributed by atoms with Crippen LogP contribution in [0.25, 0.3) is 17.0 Å². The highest BCUT2D eigenvalue weighted by Gasteiger charge is 2.15. The van der Waals surface area contributed by atoms with Gasteiger partial charge in [0.05, 0.1) is 11.0 Å². The molecule has 2 heterocycles. The van der Waals surface area contributed by atoms with Gasteiger partial charge in [0.2, 0.25) is 5.95 Å². The number of fused-ring (bicyclic) bond motifs is 1. The van der Waals surface area contributed by atoms with Crippen LogP contribution in [0.3, 0.4) is 0 Å². The summed E-state index contributed by atoms with van der Waals surface area (Å²) in [4.78, 5) is 16.8. The van der Waals surface area contributed by atoms with Crippen molar-refractivity contribution in [2.24, 2.45) is 0 Å². The van der Waals surface area contributed by atoms with Crippen molar-refractivity contribution in [1.29, 1.82) is 0 Å². The van der Waals surface area contributed by atoms with Crippen molar-refractivity contribution in [3.8, 4) is 5.95 Å². The van der Waals surface area contributed by atoms with Crippen LogP contribution in [0, 0.1) is 0 Å². The van der Waals surface area contributed by atoms with Gasteiger partial charge in [0, 0.05) is 26.9 Å². The van der Waals surface area contributed by atoms with E-state index in [2.05, 4.69) is 24.6 Å². The molecule has 3 rings (SSSR count). The predicted molar refractivity (Wildman–Crippen MR) is 99.4 cm³/mol. The fraction of sp³-hybridized carbons (Fsp3) is 0.333. The predicted octanol–water partition coefficient (Wildman–Crippen LogP) is 3.50. The van der Waals surface area contributed by atoms with Crippen molar-refractivity contribution in [2.75, 3.05) is 6.61 Å². The zero-order valence-corrected chi connectivity index (χ0v) is 15.4. The van der Waals surface area contributed by atoms with Crippen molar-refractivity contribution >= 4 is 19.1 Å². The van der Waals surface area contributed by atoms with Crippen LogP contribution in [0.2, 0.25) is 25.7 Å². The van der Waals surface area contributed by atoms with Gasteiger partial charge in [0.15, 0.2) is 0 Å². The van der Waals surface area contributed by atoms with Gasteiger partial charge in [0.1, 0.15) is 6.73 Å². The summed E-state index contributed by atoms with van der Waals surface area (Å²) >= 11 is 0. The molecule has 0 saturated heterocycles. The maximum absolute atomic E-state index is 12.2. The molecule has 0 radical (unpaired) electrons. The summed E-state index contributed by atoms with van der Waals surface area (Å²) in [5.74, 6) is 0.592. The fourth-order valence-corrected chi connectivity index (χ4v) is 3.26.